The number of carbonyl (C=O) groups is 3. The Morgan fingerprint density at radius 3 is 2.38 bits per heavy atom. The van der Waals surface area contributed by atoms with Gasteiger partial charge in [-0.25, -0.2) is 9.18 Å². The number of amides is 2. The van der Waals surface area contributed by atoms with Crippen LogP contribution in [0.3, 0.4) is 0 Å². The first-order chi connectivity index (χ1) is 12.4. The number of methoxy groups -OCH3 is 1. The Morgan fingerprint density at radius 2 is 1.85 bits per heavy atom. The van der Waals surface area contributed by atoms with E-state index in [1.807, 2.05) is 0 Å². The number of halogens is 1. The minimum absolute atomic E-state index is 0.173. The molecule has 6 nitrogen and oxygen atoms in total. The Balaban J connectivity index is 2.84. The van der Waals surface area contributed by atoms with Gasteiger partial charge in [0, 0.05) is 13.3 Å². The van der Waals surface area contributed by atoms with Crippen molar-refractivity contribution in [2.24, 2.45) is 0 Å². The minimum atomic E-state index is -0.885. The van der Waals surface area contributed by atoms with Crippen LogP contribution in [0.2, 0.25) is 0 Å². The Morgan fingerprint density at radius 1 is 1.19 bits per heavy atom. The van der Waals surface area contributed by atoms with Crippen molar-refractivity contribution in [2.75, 3.05) is 7.11 Å². The van der Waals surface area contributed by atoms with E-state index in [0.29, 0.717) is 24.8 Å². The van der Waals surface area contributed by atoms with E-state index in [1.165, 1.54) is 26.2 Å². The van der Waals surface area contributed by atoms with Crippen LogP contribution in [-0.4, -0.2) is 37.0 Å². The molecule has 7 heteroatoms. The molecule has 1 aromatic carbocycles. The number of nitrogens with one attached hydrogen (secondary N) is 2. The van der Waals surface area contributed by atoms with Crippen molar-refractivity contribution in [1.82, 2.24) is 10.6 Å². The molecule has 26 heavy (non-hydrogen) atoms. The van der Waals surface area contributed by atoms with Gasteiger partial charge < -0.3 is 15.4 Å². The smallest absolute Gasteiger partial charge is 0.328 e. The van der Waals surface area contributed by atoms with Crippen LogP contribution in [0.15, 0.2) is 36.9 Å². The highest BCUT2D eigenvalue weighted by molar-refractivity contribution is 5.90. The van der Waals surface area contributed by atoms with Crippen LogP contribution in [0.5, 0.6) is 0 Å². The van der Waals surface area contributed by atoms with Gasteiger partial charge in [-0.05, 0) is 37.0 Å². The predicted octanol–water partition coefficient (Wildman–Crippen LogP) is 1.89. The van der Waals surface area contributed by atoms with Crippen LogP contribution in [-0.2, 0) is 25.5 Å². The lowest BCUT2D eigenvalue weighted by atomic mass is 10.0. The van der Waals surface area contributed by atoms with E-state index in [2.05, 4.69) is 17.2 Å². The maximum absolute atomic E-state index is 13.0. The molecule has 0 radical (unpaired) electrons. The van der Waals surface area contributed by atoms with Crippen molar-refractivity contribution in [3.05, 3.63) is 48.3 Å². The molecular formula is C19H25FN2O4. The fourth-order valence-electron chi connectivity index (χ4n) is 2.44. The lowest BCUT2D eigenvalue weighted by Crippen LogP contribution is -2.52. The summed E-state index contributed by atoms with van der Waals surface area (Å²) in [7, 11) is 1.25. The zero-order valence-corrected chi connectivity index (χ0v) is 15.1. The molecule has 0 heterocycles. The van der Waals surface area contributed by atoms with Crippen molar-refractivity contribution < 1.29 is 23.5 Å². The summed E-state index contributed by atoms with van der Waals surface area (Å²) < 4.78 is 17.8. The SMILES string of the molecule is C=CCCC[C@@H](NC(=O)[C@H](Cc1ccc(F)cc1)NC(C)=O)C(=O)OC. The highest BCUT2D eigenvalue weighted by atomic mass is 19.1. The first-order valence-electron chi connectivity index (χ1n) is 8.38. The molecule has 1 rings (SSSR count). The fourth-order valence-corrected chi connectivity index (χ4v) is 2.44. The normalized spacial score (nSPS) is 12.6. The number of carbonyl (C=O) groups excluding carboxylic acids is 3. The molecule has 0 fully saturated rings. The summed E-state index contributed by atoms with van der Waals surface area (Å²) >= 11 is 0. The number of allylic oxidation sites excluding steroid dienone is 1. The zero-order chi connectivity index (χ0) is 19.5. The minimum Gasteiger partial charge on any atom is -0.467 e. The van der Waals surface area contributed by atoms with Gasteiger partial charge in [0.2, 0.25) is 11.8 Å². The summed E-state index contributed by atoms with van der Waals surface area (Å²) in [6.07, 6.45) is 3.66. The Labute approximate surface area is 152 Å². The first-order valence-corrected chi connectivity index (χ1v) is 8.38. The number of ether oxygens (including phenoxy) is 1. The van der Waals surface area contributed by atoms with Crippen molar-refractivity contribution in [3.8, 4) is 0 Å². The topological polar surface area (TPSA) is 84.5 Å². The number of benzene rings is 1. The number of rotatable bonds is 10. The van der Waals surface area contributed by atoms with Gasteiger partial charge in [-0.3, -0.25) is 9.59 Å². The van der Waals surface area contributed by atoms with E-state index >= 15 is 0 Å². The maximum Gasteiger partial charge on any atom is 0.328 e. The third-order valence-corrected chi connectivity index (χ3v) is 3.75. The molecule has 0 unspecified atom stereocenters. The molecule has 1 aromatic rings. The molecule has 0 aliphatic carbocycles. The van der Waals surface area contributed by atoms with Crippen LogP contribution in [0.1, 0.15) is 31.7 Å². The van der Waals surface area contributed by atoms with Gasteiger partial charge in [0.05, 0.1) is 7.11 Å². The van der Waals surface area contributed by atoms with Crippen LogP contribution in [0, 0.1) is 5.82 Å². The van der Waals surface area contributed by atoms with Gasteiger partial charge in [-0.1, -0.05) is 18.2 Å². The average molecular weight is 364 g/mol. The second-order valence-electron chi connectivity index (χ2n) is 5.89. The van der Waals surface area contributed by atoms with Crippen LogP contribution in [0.4, 0.5) is 4.39 Å². The molecule has 0 bridgehead atoms. The van der Waals surface area contributed by atoms with Gasteiger partial charge in [-0.15, -0.1) is 6.58 Å². The molecule has 2 N–H and O–H groups in total. The lowest BCUT2D eigenvalue weighted by molar-refractivity contribution is -0.145. The number of esters is 1. The third-order valence-electron chi connectivity index (χ3n) is 3.75. The standard InChI is InChI=1S/C19H25FN2O4/c1-4-5-6-7-16(19(25)26-3)22-18(24)17(21-13(2)23)12-14-8-10-15(20)11-9-14/h4,8-11,16-17H,1,5-7,12H2,2-3H3,(H,21,23)(H,22,24)/t16-,17+/m1/s1. The molecule has 0 aliphatic rings. The molecule has 2 atom stereocenters. The van der Waals surface area contributed by atoms with E-state index in [9.17, 15) is 18.8 Å². The van der Waals surface area contributed by atoms with Crippen molar-refractivity contribution >= 4 is 17.8 Å². The van der Waals surface area contributed by atoms with Crippen molar-refractivity contribution in [2.45, 2.75) is 44.7 Å². The fraction of sp³-hybridized carbons (Fsp3) is 0.421. The third kappa shape index (κ3) is 7.46. The van der Waals surface area contributed by atoms with Crippen molar-refractivity contribution in [1.29, 1.82) is 0 Å². The van der Waals surface area contributed by atoms with Crippen LogP contribution < -0.4 is 10.6 Å². The van der Waals surface area contributed by atoms with Gasteiger partial charge in [-0.2, -0.15) is 0 Å². The molecule has 0 saturated carbocycles. The first kappa shape index (κ1) is 21.3. The quantitative estimate of drug-likeness (QED) is 0.377. The number of hydrogen-bond donors (Lipinski definition) is 2. The average Bonchev–Trinajstić information content (AvgIpc) is 2.61. The van der Waals surface area contributed by atoms with E-state index in [-0.39, 0.29) is 18.1 Å². The summed E-state index contributed by atoms with van der Waals surface area (Å²) in [5, 5.41) is 5.19. The summed E-state index contributed by atoms with van der Waals surface area (Å²) in [5.74, 6) is -1.82. The van der Waals surface area contributed by atoms with Crippen molar-refractivity contribution in [3.63, 3.8) is 0 Å². The molecule has 0 aliphatic heterocycles. The van der Waals surface area contributed by atoms with Gasteiger partial charge in [0.25, 0.3) is 0 Å². The Bertz CT molecular complexity index is 631. The molecule has 2 amide bonds. The Hall–Kier alpha value is -2.70. The lowest BCUT2D eigenvalue weighted by Gasteiger charge is -2.22. The molecule has 142 valence electrons. The van der Waals surface area contributed by atoms with E-state index in [0.717, 1.165) is 0 Å². The Kier molecular flexibility index (Phi) is 9.05. The molecule has 0 aromatic heterocycles. The zero-order valence-electron chi connectivity index (χ0n) is 15.1. The summed E-state index contributed by atoms with van der Waals surface area (Å²) in [4.78, 5) is 35.9. The van der Waals surface area contributed by atoms with Gasteiger partial charge >= 0.3 is 5.97 Å². The highest BCUT2D eigenvalue weighted by Gasteiger charge is 2.26. The van der Waals surface area contributed by atoms with E-state index in [4.69, 9.17) is 4.74 Å². The van der Waals surface area contributed by atoms with Crippen LogP contribution in [0.25, 0.3) is 0 Å². The molecule has 0 spiro atoms. The largest absolute Gasteiger partial charge is 0.467 e. The second-order valence-corrected chi connectivity index (χ2v) is 5.89. The summed E-state index contributed by atoms with van der Waals surface area (Å²) in [6, 6.07) is 3.95. The highest BCUT2D eigenvalue weighted by Crippen LogP contribution is 2.08. The maximum atomic E-state index is 13.0. The molecule has 0 saturated heterocycles. The van der Waals surface area contributed by atoms with E-state index in [1.54, 1.807) is 18.2 Å². The van der Waals surface area contributed by atoms with Gasteiger partial charge in [0.1, 0.15) is 17.9 Å². The number of unbranched alkanes of at least 4 members (excludes halogenated alkanes) is 1. The summed E-state index contributed by atoms with van der Waals surface area (Å²) in [5.41, 5.74) is 0.682. The molecular weight excluding hydrogens is 339 g/mol. The summed E-state index contributed by atoms with van der Waals surface area (Å²) in [6.45, 7) is 4.92. The predicted molar refractivity (Wildman–Crippen MR) is 95.7 cm³/mol. The van der Waals surface area contributed by atoms with Gasteiger partial charge in [0.15, 0.2) is 0 Å². The monoisotopic (exact) mass is 364 g/mol. The van der Waals surface area contributed by atoms with E-state index < -0.39 is 24.0 Å². The second kappa shape index (κ2) is 11.0. The van der Waals surface area contributed by atoms with Crippen LogP contribution >= 0.6 is 0 Å². The number of hydrogen-bond acceptors (Lipinski definition) is 4.